The Kier molecular flexibility index (Phi) is 3.07. The van der Waals surface area contributed by atoms with Crippen molar-refractivity contribution in [2.75, 3.05) is 5.73 Å². The van der Waals surface area contributed by atoms with Gasteiger partial charge in [0.2, 0.25) is 5.95 Å². The highest BCUT2D eigenvalue weighted by Crippen LogP contribution is 2.26. The number of carbonyl (C=O) groups excluding carboxylic acids is 1. The third-order valence-electron chi connectivity index (χ3n) is 2.95. The van der Waals surface area contributed by atoms with Crippen molar-refractivity contribution >= 4 is 11.9 Å². The van der Waals surface area contributed by atoms with Crippen LogP contribution in [0.25, 0.3) is 22.8 Å². The quantitative estimate of drug-likeness (QED) is 0.665. The number of nitrogens with one attached hydrogen (secondary N) is 1. The summed E-state index contributed by atoms with van der Waals surface area (Å²) in [5, 5.41) is 0. The lowest BCUT2D eigenvalue weighted by molar-refractivity contribution is 0.100. The molecule has 7 nitrogen and oxygen atoms in total. The van der Waals surface area contributed by atoms with E-state index in [1.807, 2.05) is 6.07 Å². The predicted octanol–water partition coefficient (Wildman–Crippen LogP) is 1.21. The fourth-order valence-electron chi connectivity index (χ4n) is 2.02. The Morgan fingerprint density at radius 1 is 1.10 bits per heavy atom. The second-order valence-electron chi connectivity index (χ2n) is 4.35. The van der Waals surface area contributed by atoms with Crippen LogP contribution in [0, 0.1) is 0 Å². The monoisotopic (exact) mass is 280 g/mol. The molecule has 0 spiro atoms. The van der Waals surface area contributed by atoms with E-state index in [1.54, 1.807) is 36.7 Å². The number of nitrogens with zero attached hydrogens (tertiary/aromatic N) is 3. The predicted molar refractivity (Wildman–Crippen MR) is 78.0 cm³/mol. The number of hydrogen-bond acceptors (Lipinski definition) is 5. The zero-order chi connectivity index (χ0) is 14.8. The van der Waals surface area contributed by atoms with Gasteiger partial charge >= 0.3 is 0 Å². The molecular weight excluding hydrogens is 268 g/mol. The van der Waals surface area contributed by atoms with E-state index in [2.05, 4.69) is 19.9 Å². The summed E-state index contributed by atoms with van der Waals surface area (Å²) in [5.41, 5.74) is 13.7. The number of pyridine rings is 1. The molecule has 7 heteroatoms. The molecule has 0 saturated heterocycles. The van der Waals surface area contributed by atoms with Gasteiger partial charge in [-0.1, -0.05) is 6.07 Å². The highest BCUT2D eigenvalue weighted by molar-refractivity contribution is 6.00. The second kappa shape index (κ2) is 5.04. The van der Waals surface area contributed by atoms with Crippen molar-refractivity contribution in [3.8, 4) is 22.8 Å². The zero-order valence-electron chi connectivity index (χ0n) is 10.9. The molecule has 0 aromatic carbocycles. The van der Waals surface area contributed by atoms with E-state index in [-0.39, 0.29) is 5.95 Å². The van der Waals surface area contributed by atoms with Crippen LogP contribution in [0.5, 0.6) is 0 Å². The summed E-state index contributed by atoms with van der Waals surface area (Å²) in [5.74, 6) is -0.387. The van der Waals surface area contributed by atoms with Gasteiger partial charge < -0.3 is 16.5 Å². The number of hydrogen-bond donors (Lipinski definition) is 3. The van der Waals surface area contributed by atoms with Gasteiger partial charge in [0.25, 0.3) is 5.91 Å². The van der Waals surface area contributed by atoms with Crippen molar-refractivity contribution < 1.29 is 4.79 Å². The van der Waals surface area contributed by atoms with Crippen LogP contribution in [0.3, 0.4) is 0 Å². The Morgan fingerprint density at radius 3 is 2.62 bits per heavy atom. The third kappa shape index (κ3) is 2.44. The SMILES string of the molecule is NC(=O)c1cc(-c2ccnc(N)n2)[nH]c1-c1ccccn1. The van der Waals surface area contributed by atoms with Gasteiger partial charge in [-0.3, -0.25) is 9.78 Å². The molecule has 0 aliphatic heterocycles. The van der Waals surface area contributed by atoms with Crippen LogP contribution in [-0.4, -0.2) is 25.8 Å². The fourth-order valence-corrected chi connectivity index (χ4v) is 2.02. The number of aromatic amines is 1. The molecule has 0 saturated carbocycles. The summed E-state index contributed by atoms with van der Waals surface area (Å²) in [7, 11) is 0. The number of nitrogens with two attached hydrogens (primary N) is 2. The first-order valence-corrected chi connectivity index (χ1v) is 6.18. The van der Waals surface area contributed by atoms with Crippen LogP contribution < -0.4 is 11.5 Å². The lowest BCUT2D eigenvalue weighted by atomic mass is 10.1. The first kappa shape index (κ1) is 12.8. The van der Waals surface area contributed by atoms with E-state index in [1.165, 1.54) is 0 Å². The first-order chi connectivity index (χ1) is 10.1. The van der Waals surface area contributed by atoms with Gasteiger partial charge in [-0.15, -0.1) is 0 Å². The molecule has 5 N–H and O–H groups in total. The summed E-state index contributed by atoms with van der Waals surface area (Å²) < 4.78 is 0. The molecule has 0 radical (unpaired) electrons. The van der Waals surface area contributed by atoms with Gasteiger partial charge in [-0.05, 0) is 24.3 Å². The number of nitrogen functional groups attached to an aromatic ring is 1. The van der Waals surface area contributed by atoms with Crippen molar-refractivity contribution in [2.45, 2.75) is 0 Å². The van der Waals surface area contributed by atoms with Gasteiger partial charge in [-0.2, -0.15) is 0 Å². The van der Waals surface area contributed by atoms with E-state index < -0.39 is 5.91 Å². The van der Waals surface area contributed by atoms with Crippen LogP contribution >= 0.6 is 0 Å². The van der Waals surface area contributed by atoms with Gasteiger partial charge in [0.05, 0.1) is 28.3 Å². The minimum Gasteiger partial charge on any atom is -0.368 e. The number of amides is 1. The molecule has 3 rings (SSSR count). The van der Waals surface area contributed by atoms with E-state index in [9.17, 15) is 4.79 Å². The van der Waals surface area contributed by atoms with Crippen LogP contribution in [0.4, 0.5) is 5.95 Å². The minimum atomic E-state index is -0.541. The standard InChI is InChI=1S/C14H12N6O/c15-13(21)8-7-11(9-4-6-18-14(16)20-9)19-12(8)10-3-1-2-5-17-10/h1-7,19H,(H2,15,21)(H2,16,18,20). The Hall–Kier alpha value is -3.22. The molecule has 0 aliphatic rings. The molecule has 3 aromatic rings. The number of H-pyrrole nitrogens is 1. The average molecular weight is 280 g/mol. The minimum absolute atomic E-state index is 0.155. The topological polar surface area (TPSA) is 124 Å². The number of carbonyl (C=O) groups is 1. The molecule has 1 amide bonds. The van der Waals surface area contributed by atoms with Crippen LogP contribution in [-0.2, 0) is 0 Å². The molecule has 3 heterocycles. The Morgan fingerprint density at radius 2 is 1.95 bits per heavy atom. The Balaban J connectivity index is 2.15. The van der Waals surface area contributed by atoms with Gasteiger partial charge in [0.15, 0.2) is 0 Å². The van der Waals surface area contributed by atoms with Gasteiger partial charge in [0, 0.05) is 12.4 Å². The highest BCUT2D eigenvalue weighted by Gasteiger charge is 2.16. The molecule has 0 aliphatic carbocycles. The largest absolute Gasteiger partial charge is 0.368 e. The summed E-state index contributed by atoms with van der Waals surface area (Å²) in [4.78, 5) is 26.9. The summed E-state index contributed by atoms with van der Waals surface area (Å²) in [6.07, 6.45) is 3.19. The maximum Gasteiger partial charge on any atom is 0.250 e. The van der Waals surface area contributed by atoms with Crippen molar-refractivity contribution in [1.29, 1.82) is 0 Å². The smallest absolute Gasteiger partial charge is 0.250 e. The second-order valence-corrected chi connectivity index (χ2v) is 4.35. The van der Waals surface area contributed by atoms with E-state index in [4.69, 9.17) is 11.5 Å². The molecule has 3 aromatic heterocycles. The summed E-state index contributed by atoms with van der Waals surface area (Å²) >= 11 is 0. The van der Waals surface area contributed by atoms with E-state index in [0.29, 0.717) is 28.3 Å². The number of anilines is 1. The van der Waals surface area contributed by atoms with Crippen LogP contribution in [0.1, 0.15) is 10.4 Å². The zero-order valence-corrected chi connectivity index (χ0v) is 10.9. The molecule has 21 heavy (non-hydrogen) atoms. The normalized spacial score (nSPS) is 10.5. The Bertz CT molecular complexity index is 796. The van der Waals surface area contributed by atoms with Crippen molar-refractivity contribution in [3.63, 3.8) is 0 Å². The summed E-state index contributed by atoms with van der Waals surface area (Å²) in [6, 6.07) is 8.73. The highest BCUT2D eigenvalue weighted by atomic mass is 16.1. The van der Waals surface area contributed by atoms with Crippen LogP contribution in [0.15, 0.2) is 42.7 Å². The van der Waals surface area contributed by atoms with Gasteiger partial charge in [-0.25, -0.2) is 9.97 Å². The maximum absolute atomic E-state index is 11.6. The number of aromatic nitrogens is 4. The van der Waals surface area contributed by atoms with Crippen LogP contribution in [0.2, 0.25) is 0 Å². The number of rotatable bonds is 3. The maximum atomic E-state index is 11.6. The lowest BCUT2D eigenvalue weighted by Gasteiger charge is -2.00. The molecule has 104 valence electrons. The van der Waals surface area contributed by atoms with Gasteiger partial charge in [0.1, 0.15) is 0 Å². The first-order valence-electron chi connectivity index (χ1n) is 6.18. The van der Waals surface area contributed by atoms with E-state index >= 15 is 0 Å². The van der Waals surface area contributed by atoms with Crippen molar-refractivity contribution in [2.24, 2.45) is 5.73 Å². The lowest BCUT2D eigenvalue weighted by Crippen LogP contribution is -2.11. The molecular formula is C14H12N6O. The van der Waals surface area contributed by atoms with E-state index in [0.717, 1.165) is 0 Å². The summed E-state index contributed by atoms with van der Waals surface area (Å²) in [6.45, 7) is 0. The molecule has 0 atom stereocenters. The third-order valence-corrected chi connectivity index (χ3v) is 2.95. The Labute approximate surface area is 120 Å². The van der Waals surface area contributed by atoms with Crippen molar-refractivity contribution in [3.05, 3.63) is 48.3 Å². The molecule has 0 unspecified atom stereocenters. The average Bonchev–Trinajstić information content (AvgIpc) is 2.93. The molecule has 0 fully saturated rings. The molecule has 0 bridgehead atoms. The number of primary amides is 1. The van der Waals surface area contributed by atoms with Crippen molar-refractivity contribution in [1.82, 2.24) is 19.9 Å². The fraction of sp³-hybridized carbons (Fsp3) is 0.